The van der Waals surface area contributed by atoms with Crippen molar-refractivity contribution in [2.45, 2.75) is 44.0 Å². The van der Waals surface area contributed by atoms with Crippen molar-refractivity contribution in [2.75, 3.05) is 38.6 Å². The quantitative estimate of drug-likeness (QED) is 0.461. The van der Waals surface area contributed by atoms with Crippen LogP contribution in [0.3, 0.4) is 0 Å². The number of methoxy groups -OCH3 is 1. The Morgan fingerprint density at radius 3 is 2.58 bits per heavy atom. The number of likely N-dealkylation sites (tertiary alicyclic amines) is 1. The van der Waals surface area contributed by atoms with Gasteiger partial charge in [-0.05, 0) is 70.0 Å². The van der Waals surface area contributed by atoms with Gasteiger partial charge in [-0.3, -0.25) is 9.69 Å². The Labute approximate surface area is 223 Å². The Balaban J connectivity index is 1.19. The number of nitrogens with zero attached hydrogens (tertiary/aromatic N) is 4. The van der Waals surface area contributed by atoms with E-state index in [0.717, 1.165) is 24.0 Å². The van der Waals surface area contributed by atoms with Gasteiger partial charge >= 0.3 is 0 Å². The molecule has 0 saturated carbocycles. The number of nitrogens with one attached hydrogen (secondary N) is 1. The molecule has 1 aromatic heterocycles. The van der Waals surface area contributed by atoms with Gasteiger partial charge in [-0.2, -0.15) is 9.29 Å². The largest absolute Gasteiger partial charge is 0.495 e. The molecule has 2 aliphatic heterocycles. The molecular formula is C27H33N5O5S. The van der Waals surface area contributed by atoms with Crippen LogP contribution in [0.2, 0.25) is 0 Å². The fraction of sp³-hybridized carbons (Fsp3) is 0.444. The SMILES string of the molecule is COc1ccc(S(=O)(=O)N2CCCC2)cc1NC(=O)C1CCN(Cc2nc(-c3cccc(C)c3)no2)CC1. The van der Waals surface area contributed by atoms with Gasteiger partial charge in [-0.15, -0.1) is 0 Å². The average Bonchev–Trinajstić information content (AvgIpc) is 3.62. The van der Waals surface area contributed by atoms with Crippen molar-refractivity contribution >= 4 is 21.6 Å². The smallest absolute Gasteiger partial charge is 0.243 e. The van der Waals surface area contributed by atoms with E-state index in [1.165, 1.54) is 23.5 Å². The maximum Gasteiger partial charge on any atom is 0.243 e. The molecule has 0 unspecified atom stereocenters. The molecule has 202 valence electrons. The molecule has 10 nitrogen and oxygen atoms in total. The van der Waals surface area contributed by atoms with Crippen LogP contribution in [0.25, 0.3) is 11.4 Å². The van der Waals surface area contributed by atoms with Crippen molar-refractivity contribution in [3.05, 3.63) is 53.9 Å². The molecule has 2 aliphatic rings. The Morgan fingerprint density at radius 2 is 1.87 bits per heavy atom. The number of carbonyl (C=O) groups excluding carboxylic acids is 1. The van der Waals surface area contributed by atoms with Gasteiger partial charge < -0.3 is 14.6 Å². The van der Waals surface area contributed by atoms with Crippen molar-refractivity contribution in [3.8, 4) is 17.1 Å². The molecule has 3 heterocycles. The van der Waals surface area contributed by atoms with E-state index >= 15 is 0 Å². The van der Waals surface area contributed by atoms with Crippen molar-refractivity contribution in [1.82, 2.24) is 19.3 Å². The van der Waals surface area contributed by atoms with Crippen LogP contribution in [-0.4, -0.2) is 67.0 Å². The summed E-state index contributed by atoms with van der Waals surface area (Å²) in [4.78, 5) is 20.0. The molecule has 2 fully saturated rings. The van der Waals surface area contributed by atoms with Crippen LogP contribution in [0.15, 0.2) is 51.9 Å². The Bertz CT molecular complexity index is 1390. The third-order valence-electron chi connectivity index (χ3n) is 7.19. The van der Waals surface area contributed by atoms with Gasteiger partial charge in [0.2, 0.25) is 27.6 Å². The number of amides is 1. The number of piperidine rings is 1. The van der Waals surface area contributed by atoms with Crippen molar-refractivity contribution in [2.24, 2.45) is 5.92 Å². The topological polar surface area (TPSA) is 118 Å². The number of anilines is 1. The number of sulfonamides is 1. The minimum Gasteiger partial charge on any atom is -0.495 e. The van der Waals surface area contributed by atoms with Gasteiger partial charge in [0.25, 0.3) is 0 Å². The predicted octanol–water partition coefficient (Wildman–Crippen LogP) is 3.69. The molecule has 1 amide bonds. The third-order valence-corrected chi connectivity index (χ3v) is 9.09. The summed E-state index contributed by atoms with van der Waals surface area (Å²) in [5.41, 5.74) is 2.42. The average molecular weight is 540 g/mol. The first-order chi connectivity index (χ1) is 18.3. The maximum absolute atomic E-state index is 13.1. The zero-order chi connectivity index (χ0) is 26.7. The number of aromatic nitrogens is 2. The molecule has 38 heavy (non-hydrogen) atoms. The number of hydrogen-bond acceptors (Lipinski definition) is 8. The molecule has 11 heteroatoms. The maximum atomic E-state index is 13.1. The molecule has 1 N–H and O–H groups in total. The van der Waals surface area contributed by atoms with E-state index in [1.54, 1.807) is 6.07 Å². The van der Waals surface area contributed by atoms with E-state index in [4.69, 9.17) is 9.26 Å². The summed E-state index contributed by atoms with van der Waals surface area (Å²) in [5.74, 6) is 1.21. The fourth-order valence-corrected chi connectivity index (χ4v) is 6.57. The van der Waals surface area contributed by atoms with E-state index in [1.807, 2.05) is 31.2 Å². The van der Waals surface area contributed by atoms with Crippen LogP contribution in [0.1, 0.15) is 37.1 Å². The number of hydrogen-bond donors (Lipinski definition) is 1. The lowest BCUT2D eigenvalue weighted by Crippen LogP contribution is -2.37. The van der Waals surface area contributed by atoms with Crippen LogP contribution >= 0.6 is 0 Å². The molecule has 0 radical (unpaired) electrons. The second-order valence-electron chi connectivity index (χ2n) is 9.89. The first-order valence-corrected chi connectivity index (χ1v) is 14.4. The van der Waals surface area contributed by atoms with Crippen molar-refractivity contribution in [3.63, 3.8) is 0 Å². The number of benzene rings is 2. The number of rotatable bonds is 8. The zero-order valence-electron chi connectivity index (χ0n) is 21.7. The number of aryl methyl sites for hydroxylation is 1. The Morgan fingerprint density at radius 1 is 1.11 bits per heavy atom. The van der Waals surface area contributed by atoms with Gasteiger partial charge in [-0.25, -0.2) is 8.42 Å². The van der Waals surface area contributed by atoms with E-state index in [2.05, 4.69) is 20.4 Å². The van der Waals surface area contributed by atoms with Gasteiger partial charge in [0, 0.05) is 24.6 Å². The first-order valence-electron chi connectivity index (χ1n) is 12.9. The zero-order valence-corrected chi connectivity index (χ0v) is 22.5. The number of carbonyl (C=O) groups is 1. The third kappa shape index (κ3) is 5.74. The van der Waals surface area contributed by atoms with E-state index in [9.17, 15) is 13.2 Å². The molecule has 2 saturated heterocycles. The fourth-order valence-electron chi connectivity index (χ4n) is 5.02. The van der Waals surface area contributed by atoms with Crippen LogP contribution in [0.4, 0.5) is 5.69 Å². The van der Waals surface area contributed by atoms with Crippen LogP contribution < -0.4 is 10.1 Å². The molecule has 0 spiro atoms. The summed E-state index contributed by atoms with van der Waals surface area (Å²) in [5, 5.41) is 7.03. The highest BCUT2D eigenvalue weighted by atomic mass is 32.2. The standard InChI is InChI=1S/C27H33N5O5S/c1-19-6-5-7-21(16-19)26-29-25(37-30-26)18-31-14-10-20(11-15-31)27(33)28-23-17-22(8-9-24(23)36-2)38(34,35)32-12-3-4-13-32/h5-9,16-17,20H,3-4,10-15,18H2,1-2H3,(H,28,33). The van der Waals surface area contributed by atoms with E-state index in [-0.39, 0.29) is 16.7 Å². The molecule has 3 aromatic rings. The lowest BCUT2D eigenvalue weighted by atomic mass is 9.96. The lowest BCUT2D eigenvalue weighted by Gasteiger charge is -2.30. The van der Waals surface area contributed by atoms with Gasteiger partial charge in [-0.1, -0.05) is 28.9 Å². The Kier molecular flexibility index (Phi) is 7.78. The van der Waals surface area contributed by atoms with E-state index < -0.39 is 10.0 Å². The second kappa shape index (κ2) is 11.2. The molecule has 0 atom stereocenters. The molecule has 2 aromatic carbocycles. The number of ether oxygens (including phenoxy) is 1. The van der Waals surface area contributed by atoms with Gasteiger partial charge in [0.15, 0.2) is 0 Å². The predicted molar refractivity (Wildman–Crippen MR) is 142 cm³/mol. The van der Waals surface area contributed by atoms with Crippen LogP contribution in [-0.2, 0) is 21.4 Å². The van der Waals surface area contributed by atoms with Crippen LogP contribution in [0.5, 0.6) is 5.75 Å². The van der Waals surface area contributed by atoms with E-state index in [0.29, 0.717) is 68.7 Å². The summed E-state index contributed by atoms with van der Waals surface area (Å²) in [6.07, 6.45) is 3.05. The van der Waals surface area contributed by atoms with Crippen molar-refractivity contribution in [1.29, 1.82) is 0 Å². The Hall–Kier alpha value is -3.28. The normalized spacial score (nSPS) is 17.5. The highest BCUT2D eigenvalue weighted by Gasteiger charge is 2.30. The van der Waals surface area contributed by atoms with Crippen LogP contribution in [0, 0.1) is 12.8 Å². The highest BCUT2D eigenvalue weighted by Crippen LogP contribution is 2.31. The lowest BCUT2D eigenvalue weighted by molar-refractivity contribution is -0.121. The summed E-state index contributed by atoms with van der Waals surface area (Å²) in [6.45, 7) is 5.00. The highest BCUT2D eigenvalue weighted by molar-refractivity contribution is 7.89. The summed E-state index contributed by atoms with van der Waals surface area (Å²) in [6, 6.07) is 12.6. The summed E-state index contributed by atoms with van der Waals surface area (Å²) < 4.78 is 38.4. The molecule has 5 rings (SSSR count). The molecule has 0 bridgehead atoms. The summed E-state index contributed by atoms with van der Waals surface area (Å²) in [7, 11) is -2.10. The summed E-state index contributed by atoms with van der Waals surface area (Å²) >= 11 is 0. The minimum atomic E-state index is -3.60. The monoisotopic (exact) mass is 539 g/mol. The van der Waals surface area contributed by atoms with Gasteiger partial charge in [0.05, 0.1) is 24.2 Å². The molecular weight excluding hydrogens is 506 g/mol. The van der Waals surface area contributed by atoms with Crippen molar-refractivity contribution < 1.29 is 22.5 Å². The first kappa shape index (κ1) is 26.3. The second-order valence-corrected chi connectivity index (χ2v) is 11.8. The van der Waals surface area contributed by atoms with Gasteiger partial charge in [0.1, 0.15) is 5.75 Å². The molecule has 0 aliphatic carbocycles. The minimum absolute atomic E-state index is 0.141.